The van der Waals surface area contributed by atoms with Crippen LogP contribution in [0.15, 0.2) is 59.5 Å². The van der Waals surface area contributed by atoms with Crippen LogP contribution in [0.2, 0.25) is 0 Å². The third kappa shape index (κ3) is 4.46. The number of aromatic nitrogens is 1. The van der Waals surface area contributed by atoms with Crippen molar-refractivity contribution < 1.29 is 28.6 Å². The Balaban J connectivity index is 1.58. The van der Waals surface area contributed by atoms with Gasteiger partial charge in [0.05, 0.1) is 6.54 Å². The summed E-state index contributed by atoms with van der Waals surface area (Å²) < 4.78 is 27.3. The summed E-state index contributed by atoms with van der Waals surface area (Å²) in [5.74, 6) is -3.41. The second-order valence-corrected chi connectivity index (χ2v) is 7.57. The molecule has 1 atom stereocenters. The van der Waals surface area contributed by atoms with Crippen LogP contribution < -0.4 is 10.7 Å². The fourth-order valence-electron chi connectivity index (χ4n) is 3.57. The van der Waals surface area contributed by atoms with E-state index in [1.54, 1.807) is 0 Å². The van der Waals surface area contributed by atoms with E-state index in [0.29, 0.717) is 11.1 Å². The Hall–Kier alpha value is -4.05. The zero-order valence-corrected chi connectivity index (χ0v) is 17.2. The van der Waals surface area contributed by atoms with Gasteiger partial charge in [0.15, 0.2) is 11.4 Å². The van der Waals surface area contributed by atoms with E-state index >= 15 is 0 Å². The number of aromatic hydroxyl groups is 1. The highest BCUT2D eigenvalue weighted by Crippen LogP contribution is 2.24. The summed E-state index contributed by atoms with van der Waals surface area (Å²) in [5.41, 5.74) is -0.679. The molecular weight excluding hydrogens is 436 g/mol. The second kappa shape index (κ2) is 8.83. The van der Waals surface area contributed by atoms with Crippen LogP contribution in [0.5, 0.6) is 5.75 Å². The Morgan fingerprint density at radius 3 is 2.18 bits per heavy atom. The highest BCUT2D eigenvalue weighted by Gasteiger charge is 2.35. The SMILES string of the molecule is O=C(NCc1ccc(F)cc1)c1cn2c(c(O)c1=O)C(=O)N(Cc1ccc(F)cc1)C(O)C2. The van der Waals surface area contributed by atoms with Gasteiger partial charge in [-0.05, 0) is 35.4 Å². The van der Waals surface area contributed by atoms with Crippen molar-refractivity contribution >= 4 is 11.8 Å². The van der Waals surface area contributed by atoms with Crippen LogP contribution in [0.3, 0.4) is 0 Å². The third-order valence-electron chi connectivity index (χ3n) is 5.32. The van der Waals surface area contributed by atoms with Crippen molar-refractivity contribution in [1.82, 2.24) is 14.8 Å². The smallest absolute Gasteiger partial charge is 0.276 e. The molecule has 0 saturated carbocycles. The van der Waals surface area contributed by atoms with Gasteiger partial charge >= 0.3 is 0 Å². The number of hydrogen-bond donors (Lipinski definition) is 3. The topological polar surface area (TPSA) is 112 Å². The van der Waals surface area contributed by atoms with Crippen molar-refractivity contribution in [3.63, 3.8) is 0 Å². The van der Waals surface area contributed by atoms with Crippen LogP contribution in [-0.4, -0.2) is 37.7 Å². The van der Waals surface area contributed by atoms with Crippen LogP contribution in [0.4, 0.5) is 8.78 Å². The molecule has 3 N–H and O–H groups in total. The van der Waals surface area contributed by atoms with Crippen molar-refractivity contribution in [2.24, 2.45) is 0 Å². The summed E-state index contributed by atoms with van der Waals surface area (Å²) >= 11 is 0. The first kappa shape index (κ1) is 22.2. The van der Waals surface area contributed by atoms with Gasteiger partial charge in [0.2, 0.25) is 5.43 Å². The van der Waals surface area contributed by atoms with E-state index in [2.05, 4.69) is 5.32 Å². The highest BCUT2D eigenvalue weighted by atomic mass is 19.1. The van der Waals surface area contributed by atoms with E-state index in [9.17, 15) is 33.4 Å². The Kier molecular flexibility index (Phi) is 5.93. The minimum atomic E-state index is -1.31. The van der Waals surface area contributed by atoms with Crippen LogP contribution in [0.25, 0.3) is 0 Å². The maximum Gasteiger partial charge on any atom is 0.276 e. The summed E-state index contributed by atoms with van der Waals surface area (Å²) in [5, 5.41) is 23.4. The quantitative estimate of drug-likeness (QED) is 0.543. The lowest BCUT2D eigenvalue weighted by atomic mass is 10.1. The lowest BCUT2D eigenvalue weighted by Gasteiger charge is -2.34. The Morgan fingerprint density at radius 2 is 1.58 bits per heavy atom. The maximum absolute atomic E-state index is 13.1. The second-order valence-electron chi connectivity index (χ2n) is 7.57. The monoisotopic (exact) mass is 455 g/mol. The number of pyridine rings is 1. The number of carbonyl (C=O) groups excluding carboxylic acids is 2. The molecule has 0 radical (unpaired) electrons. The predicted octanol–water partition coefficient (Wildman–Crippen LogP) is 1.74. The number of nitrogens with one attached hydrogen (secondary N) is 1. The number of amides is 2. The fraction of sp³-hybridized carbons (Fsp3) is 0.174. The van der Waals surface area contributed by atoms with Crippen molar-refractivity contribution in [2.45, 2.75) is 25.9 Å². The molecule has 8 nitrogen and oxygen atoms in total. The number of nitrogens with zero attached hydrogens (tertiary/aromatic N) is 2. The largest absolute Gasteiger partial charge is 0.503 e. The molecule has 0 fully saturated rings. The number of aliphatic hydroxyl groups is 1. The summed E-state index contributed by atoms with van der Waals surface area (Å²) in [4.78, 5) is 39.1. The number of carbonyl (C=O) groups is 2. The van der Waals surface area contributed by atoms with Crippen LogP contribution >= 0.6 is 0 Å². The number of hydrogen-bond acceptors (Lipinski definition) is 5. The summed E-state index contributed by atoms with van der Waals surface area (Å²) in [6.07, 6.45) is -0.208. The lowest BCUT2D eigenvalue weighted by Crippen LogP contribution is -2.48. The van der Waals surface area contributed by atoms with Gasteiger partial charge in [0.1, 0.15) is 23.4 Å². The van der Waals surface area contributed by atoms with E-state index in [1.165, 1.54) is 48.5 Å². The summed E-state index contributed by atoms with van der Waals surface area (Å²) in [6.45, 7) is -0.268. The average Bonchev–Trinajstić information content (AvgIpc) is 2.79. The Morgan fingerprint density at radius 1 is 1.00 bits per heavy atom. The van der Waals surface area contributed by atoms with Crippen LogP contribution in [-0.2, 0) is 19.6 Å². The molecule has 170 valence electrons. The first-order chi connectivity index (χ1) is 15.7. The van der Waals surface area contributed by atoms with Crippen LogP contribution in [0.1, 0.15) is 32.0 Å². The molecular formula is C23H19F2N3O5. The van der Waals surface area contributed by atoms with E-state index in [-0.39, 0.29) is 25.3 Å². The van der Waals surface area contributed by atoms with Crippen molar-refractivity contribution in [2.75, 3.05) is 0 Å². The number of aliphatic hydroxyl groups excluding tert-OH is 1. The molecule has 0 saturated heterocycles. The predicted molar refractivity (Wildman–Crippen MR) is 112 cm³/mol. The molecule has 4 rings (SSSR count). The molecule has 1 aromatic heterocycles. The minimum Gasteiger partial charge on any atom is -0.503 e. The van der Waals surface area contributed by atoms with Gasteiger partial charge in [-0.25, -0.2) is 8.78 Å². The first-order valence-electron chi connectivity index (χ1n) is 9.97. The molecule has 2 aromatic carbocycles. The minimum absolute atomic E-state index is 0.00801. The molecule has 3 aromatic rings. The van der Waals surface area contributed by atoms with Gasteiger partial charge in [-0.3, -0.25) is 14.4 Å². The van der Waals surface area contributed by atoms with Crippen molar-refractivity contribution in [3.8, 4) is 5.75 Å². The molecule has 0 aliphatic carbocycles. The summed E-state index contributed by atoms with van der Waals surface area (Å²) in [7, 11) is 0. The third-order valence-corrected chi connectivity index (χ3v) is 5.32. The fourth-order valence-corrected chi connectivity index (χ4v) is 3.57. The molecule has 2 amide bonds. The van der Waals surface area contributed by atoms with E-state index < -0.39 is 46.4 Å². The number of halogens is 2. The zero-order chi connectivity index (χ0) is 23.7. The highest BCUT2D eigenvalue weighted by molar-refractivity contribution is 5.99. The molecule has 1 aliphatic rings. The molecule has 2 heterocycles. The molecule has 10 heteroatoms. The first-order valence-corrected chi connectivity index (χ1v) is 9.97. The molecule has 0 bridgehead atoms. The number of fused-ring (bicyclic) bond motifs is 1. The van der Waals surface area contributed by atoms with Gasteiger partial charge in [-0.2, -0.15) is 0 Å². The Labute approximate surface area is 186 Å². The standard InChI is InChI=1S/C23H19F2N3O5/c24-15-5-1-13(2-6-15)9-26-22(32)17-11-27-12-18(29)28(10-14-3-7-16(25)8-4-14)23(33)19(27)21(31)20(17)30/h1-8,11,18,29,31H,9-10,12H2,(H,26,32). The normalized spacial score (nSPS) is 15.3. The van der Waals surface area contributed by atoms with E-state index in [1.807, 2.05) is 0 Å². The van der Waals surface area contributed by atoms with Gasteiger partial charge in [0, 0.05) is 19.3 Å². The number of rotatable bonds is 5. The van der Waals surface area contributed by atoms with E-state index in [0.717, 1.165) is 15.7 Å². The molecule has 1 unspecified atom stereocenters. The van der Waals surface area contributed by atoms with Gasteiger partial charge in [0.25, 0.3) is 11.8 Å². The lowest BCUT2D eigenvalue weighted by molar-refractivity contribution is -0.0162. The summed E-state index contributed by atoms with van der Waals surface area (Å²) in [6, 6.07) is 10.7. The van der Waals surface area contributed by atoms with Gasteiger partial charge in [-0.1, -0.05) is 24.3 Å². The van der Waals surface area contributed by atoms with Crippen molar-refractivity contribution in [3.05, 3.63) is 99.0 Å². The van der Waals surface area contributed by atoms with Gasteiger partial charge in [-0.15, -0.1) is 0 Å². The molecule has 33 heavy (non-hydrogen) atoms. The molecule has 1 aliphatic heterocycles. The van der Waals surface area contributed by atoms with E-state index in [4.69, 9.17) is 0 Å². The zero-order valence-electron chi connectivity index (χ0n) is 17.2. The van der Waals surface area contributed by atoms with Crippen LogP contribution in [0, 0.1) is 11.6 Å². The Bertz CT molecular complexity index is 1270. The van der Waals surface area contributed by atoms with Crippen molar-refractivity contribution in [1.29, 1.82) is 0 Å². The molecule has 0 spiro atoms. The average molecular weight is 455 g/mol. The maximum atomic E-state index is 13.1. The van der Waals surface area contributed by atoms with Gasteiger partial charge < -0.3 is 25.0 Å². The number of benzene rings is 2.